The Bertz CT molecular complexity index is 244. The second kappa shape index (κ2) is 4.59. The fourth-order valence-electron chi connectivity index (χ4n) is 2.44. The molecular weight excluding hydrogens is 174 g/mol. The van der Waals surface area contributed by atoms with Crippen molar-refractivity contribution in [3.05, 3.63) is 0 Å². The van der Waals surface area contributed by atoms with Crippen LogP contribution in [-0.2, 0) is 4.79 Å². The highest BCUT2D eigenvalue weighted by molar-refractivity contribution is 5.76. The Hall–Kier alpha value is -0.840. The van der Waals surface area contributed by atoms with Crippen molar-refractivity contribution in [3.8, 4) is 6.07 Å². The quantitative estimate of drug-likeness (QED) is 0.691. The second-order valence-corrected chi connectivity index (χ2v) is 4.62. The van der Waals surface area contributed by atoms with Gasteiger partial charge in [-0.25, -0.2) is 0 Å². The predicted octanol–water partition coefficient (Wildman–Crippen LogP) is 3.08. The van der Waals surface area contributed by atoms with E-state index in [1.165, 1.54) is 6.42 Å². The average molecular weight is 193 g/mol. The standard InChI is InChI=1S/C12H19NO/c1-3-11-4-6-12(9-13,7-5-11)8-10(2)14/h11H,3-8H2,1-2H3. The third-order valence-electron chi connectivity index (χ3n) is 3.46. The van der Waals surface area contributed by atoms with Crippen LogP contribution in [0.25, 0.3) is 0 Å². The third-order valence-corrected chi connectivity index (χ3v) is 3.46. The summed E-state index contributed by atoms with van der Waals surface area (Å²) in [7, 11) is 0. The molecule has 2 heteroatoms. The number of hydrogen-bond donors (Lipinski definition) is 0. The van der Waals surface area contributed by atoms with Crippen LogP contribution >= 0.6 is 0 Å². The number of hydrogen-bond acceptors (Lipinski definition) is 2. The SMILES string of the molecule is CCC1CCC(C#N)(CC(C)=O)CC1. The van der Waals surface area contributed by atoms with Gasteiger partial charge >= 0.3 is 0 Å². The first-order valence-corrected chi connectivity index (χ1v) is 5.52. The largest absolute Gasteiger partial charge is 0.300 e. The molecule has 0 atom stereocenters. The van der Waals surface area contributed by atoms with E-state index in [2.05, 4.69) is 13.0 Å². The van der Waals surface area contributed by atoms with Gasteiger partial charge in [-0.3, -0.25) is 4.79 Å². The Labute approximate surface area is 86.3 Å². The van der Waals surface area contributed by atoms with Crippen molar-refractivity contribution in [1.82, 2.24) is 0 Å². The number of carbonyl (C=O) groups excluding carboxylic acids is 1. The van der Waals surface area contributed by atoms with E-state index in [9.17, 15) is 4.79 Å². The third kappa shape index (κ3) is 2.57. The zero-order valence-electron chi connectivity index (χ0n) is 9.18. The Morgan fingerprint density at radius 1 is 1.50 bits per heavy atom. The van der Waals surface area contributed by atoms with Crippen LogP contribution in [0.15, 0.2) is 0 Å². The molecule has 0 saturated heterocycles. The number of ketones is 1. The van der Waals surface area contributed by atoms with E-state index < -0.39 is 0 Å². The lowest BCUT2D eigenvalue weighted by atomic mass is 9.68. The van der Waals surface area contributed by atoms with Crippen LogP contribution in [0, 0.1) is 22.7 Å². The molecule has 1 aliphatic carbocycles. The summed E-state index contributed by atoms with van der Waals surface area (Å²) in [5, 5.41) is 9.15. The zero-order valence-corrected chi connectivity index (χ0v) is 9.18. The lowest BCUT2D eigenvalue weighted by Crippen LogP contribution is -2.28. The first kappa shape index (κ1) is 11.2. The number of Topliss-reactive ketones (excluding diaryl/α,β-unsaturated/α-hetero) is 1. The van der Waals surface area contributed by atoms with Crippen LogP contribution in [0.3, 0.4) is 0 Å². The molecule has 0 spiro atoms. The van der Waals surface area contributed by atoms with E-state index in [1.54, 1.807) is 6.92 Å². The molecule has 1 fully saturated rings. The molecule has 0 heterocycles. The van der Waals surface area contributed by atoms with Crippen molar-refractivity contribution in [2.24, 2.45) is 11.3 Å². The summed E-state index contributed by atoms with van der Waals surface area (Å²) in [6, 6.07) is 2.37. The van der Waals surface area contributed by atoms with Crippen LogP contribution in [0.1, 0.15) is 52.4 Å². The van der Waals surface area contributed by atoms with Crippen LogP contribution in [0.4, 0.5) is 0 Å². The molecule has 0 N–H and O–H groups in total. The first-order chi connectivity index (χ1) is 6.62. The summed E-state index contributed by atoms with van der Waals surface area (Å²) < 4.78 is 0. The van der Waals surface area contributed by atoms with Crippen molar-refractivity contribution in [1.29, 1.82) is 5.26 Å². The minimum Gasteiger partial charge on any atom is -0.300 e. The predicted molar refractivity (Wildman–Crippen MR) is 55.6 cm³/mol. The molecule has 0 radical (unpaired) electrons. The topological polar surface area (TPSA) is 40.9 Å². The van der Waals surface area contributed by atoms with E-state index in [1.807, 2.05) is 0 Å². The molecule has 0 bridgehead atoms. The first-order valence-electron chi connectivity index (χ1n) is 5.52. The van der Waals surface area contributed by atoms with Gasteiger partial charge in [0, 0.05) is 6.42 Å². The Kier molecular flexibility index (Phi) is 3.69. The number of nitriles is 1. The summed E-state index contributed by atoms with van der Waals surface area (Å²) in [6.45, 7) is 3.79. The Balaban J connectivity index is 2.58. The van der Waals surface area contributed by atoms with E-state index in [0.717, 1.165) is 31.6 Å². The van der Waals surface area contributed by atoms with Gasteiger partial charge in [0.05, 0.1) is 11.5 Å². The molecule has 0 aromatic heterocycles. The highest BCUT2D eigenvalue weighted by Crippen LogP contribution is 2.42. The van der Waals surface area contributed by atoms with Crippen molar-refractivity contribution < 1.29 is 4.79 Å². The lowest BCUT2D eigenvalue weighted by molar-refractivity contribution is -0.119. The summed E-state index contributed by atoms with van der Waals surface area (Å²) in [5.41, 5.74) is -0.322. The van der Waals surface area contributed by atoms with Gasteiger partial charge in [0.15, 0.2) is 0 Å². The van der Waals surface area contributed by atoms with Gasteiger partial charge in [-0.1, -0.05) is 13.3 Å². The molecule has 14 heavy (non-hydrogen) atoms. The molecule has 78 valence electrons. The fraction of sp³-hybridized carbons (Fsp3) is 0.833. The van der Waals surface area contributed by atoms with E-state index in [-0.39, 0.29) is 11.2 Å². The number of nitrogens with zero attached hydrogens (tertiary/aromatic N) is 1. The van der Waals surface area contributed by atoms with Gasteiger partial charge < -0.3 is 0 Å². The summed E-state index contributed by atoms with van der Waals surface area (Å²) in [5.74, 6) is 0.935. The number of rotatable bonds is 3. The molecule has 0 unspecified atom stereocenters. The molecule has 1 saturated carbocycles. The van der Waals surface area contributed by atoms with Gasteiger partial charge in [0.1, 0.15) is 5.78 Å². The smallest absolute Gasteiger partial charge is 0.131 e. The molecule has 1 rings (SSSR count). The average Bonchev–Trinajstić information content (AvgIpc) is 2.18. The molecule has 2 nitrogen and oxygen atoms in total. The fourth-order valence-corrected chi connectivity index (χ4v) is 2.44. The van der Waals surface area contributed by atoms with Gasteiger partial charge in [0.2, 0.25) is 0 Å². The minimum atomic E-state index is -0.322. The molecule has 0 aromatic carbocycles. The van der Waals surface area contributed by atoms with Gasteiger partial charge in [-0.2, -0.15) is 5.26 Å². The lowest BCUT2D eigenvalue weighted by Gasteiger charge is -2.33. The maximum Gasteiger partial charge on any atom is 0.131 e. The molecule has 0 amide bonds. The van der Waals surface area contributed by atoms with E-state index >= 15 is 0 Å². The maximum absolute atomic E-state index is 11.1. The van der Waals surface area contributed by atoms with Crippen molar-refractivity contribution in [2.75, 3.05) is 0 Å². The zero-order chi connectivity index (χ0) is 10.6. The molecule has 0 aromatic rings. The molecular formula is C12H19NO. The summed E-state index contributed by atoms with van der Waals surface area (Å²) in [4.78, 5) is 11.1. The highest BCUT2D eigenvalue weighted by Gasteiger charge is 2.35. The van der Waals surface area contributed by atoms with E-state index in [0.29, 0.717) is 6.42 Å². The molecule has 0 aliphatic heterocycles. The number of carbonyl (C=O) groups is 1. The second-order valence-electron chi connectivity index (χ2n) is 4.62. The Morgan fingerprint density at radius 2 is 2.07 bits per heavy atom. The van der Waals surface area contributed by atoms with Gasteiger partial charge in [-0.15, -0.1) is 0 Å². The monoisotopic (exact) mass is 193 g/mol. The van der Waals surface area contributed by atoms with E-state index in [4.69, 9.17) is 5.26 Å². The van der Waals surface area contributed by atoms with Crippen molar-refractivity contribution in [2.45, 2.75) is 52.4 Å². The van der Waals surface area contributed by atoms with Gasteiger partial charge in [0.25, 0.3) is 0 Å². The Morgan fingerprint density at radius 3 is 2.43 bits per heavy atom. The van der Waals surface area contributed by atoms with Crippen LogP contribution < -0.4 is 0 Å². The highest BCUT2D eigenvalue weighted by atomic mass is 16.1. The maximum atomic E-state index is 11.1. The molecule has 1 aliphatic rings. The van der Waals surface area contributed by atoms with Crippen molar-refractivity contribution in [3.63, 3.8) is 0 Å². The summed E-state index contributed by atoms with van der Waals surface area (Å²) in [6.07, 6.45) is 5.75. The van der Waals surface area contributed by atoms with Crippen LogP contribution in [-0.4, -0.2) is 5.78 Å². The normalized spacial score (nSPS) is 32.2. The summed E-state index contributed by atoms with van der Waals surface area (Å²) >= 11 is 0. The van der Waals surface area contributed by atoms with Gasteiger partial charge in [-0.05, 0) is 38.5 Å². The van der Waals surface area contributed by atoms with Crippen LogP contribution in [0.5, 0.6) is 0 Å². The van der Waals surface area contributed by atoms with Crippen molar-refractivity contribution >= 4 is 5.78 Å². The minimum absolute atomic E-state index is 0.154. The van der Waals surface area contributed by atoms with Crippen LogP contribution in [0.2, 0.25) is 0 Å².